The molecule has 2 saturated heterocycles. The molecule has 4 aliphatic heterocycles. The summed E-state index contributed by atoms with van der Waals surface area (Å²) in [6, 6.07) is -0.456. The maximum atomic E-state index is 12.6. The summed E-state index contributed by atoms with van der Waals surface area (Å²) in [5.41, 5.74) is 7.98. The average Bonchev–Trinajstić information content (AvgIpc) is 3.56. The average molecular weight is 638 g/mol. The molecule has 5 heterocycles. The molecule has 0 saturated carbocycles. The number of aliphatic carboxylic acids is 2. The van der Waals surface area contributed by atoms with E-state index in [0.29, 0.717) is 30.1 Å². The summed E-state index contributed by atoms with van der Waals surface area (Å²) in [4.78, 5) is 51.7. The molecule has 0 aromatic carbocycles. The van der Waals surface area contributed by atoms with E-state index >= 15 is 0 Å². The van der Waals surface area contributed by atoms with Crippen LogP contribution in [0.4, 0.5) is 0 Å². The van der Waals surface area contributed by atoms with Crippen LogP contribution in [0.15, 0.2) is 46.0 Å². The minimum atomic E-state index is -0.912. The Labute approximate surface area is 266 Å². The van der Waals surface area contributed by atoms with E-state index in [4.69, 9.17) is 0 Å². The van der Waals surface area contributed by atoms with Crippen LogP contribution < -0.4 is 16.0 Å². The number of aliphatic hydroxyl groups excluding tert-OH is 1. The van der Waals surface area contributed by atoms with E-state index in [-0.39, 0.29) is 48.6 Å². The zero-order chi connectivity index (χ0) is 32.6. The third-order valence-electron chi connectivity index (χ3n) is 9.47. The fourth-order valence-corrected chi connectivity index (χ4v) is 7.73. The Hall–Kier alpha value is -4.19. The number of thiol groups is 1. The number of nitrogens with one attached hydrogen (secondary N) is 4. The van der Waals surface area contributed by atoms with E-state index in [1.807, 2.05) is 39.8 Å². The Morgan fingerprint density at radius 2 is 1.62 bits per heavy atom. The first-order chi connectivity index (χ1) is 21.4. The molecule has 2 fully saturated rings. The number of H-pyrrole nitrogens is 1. The van der Waals surface area contributed by atoms with E-state index in [9.17, 15) is 34.5 Å². The monoisotopic (exact) mass is 637 g/mol. The quantitative estimate of drug-likeness (QED) is 0.0790. The first-order valence-corrected chi connectivity index (χ1v) is 16.4. The van der Waals surface area contributed by atoms with Gasteiger partial charge in [0.25, 0.3) is 5.91 Å². The number of aliphatic hydroxyl groups is 1. The summed E-state index contributed by atoms with van der Waals surface area (Å²) in [5, 5.41) is 38.2. The standard InChI is InChI=1S/C33H40N4O7S/c1-15-19(5-7-29(39)40)25(34-22(15)11-24-17(3)21(9-10-38)33(44)36-24)13-26-20(6-8-30(41)42)16(2)23(35-26)12-27-31(28-14-45-28)18(4)32(43)37-27/h9-10,12-13,18,22,24,28,31,34-35,38H,5-8,11,14H2,1-4H3,(H,36,44)(H,37,43)(H,39,40)(H,41,42)/p+1/b10-9+,25-13-,27-12-/t18-,22?,24-,28-,31-/m1/s1. The van der Waals surface area contributed by atoms with Gasteiger partial charge in [0.2, 0.25) is 5.91 Å². The third kappa shape index (κ3) is 6.75. The second-order valence-electron chi connectivity index (χ2n) is 12.3. The molecular formula is C33H41N4O7S+. The predicted molar refractivity (Wildman–Crippen MR) is 173 cm³/mol. The van der Waals surface area contributed by atoms with E-state index in [0.717, 1.165) is 62.6 Å². The first-order valence-electron chi connectivity index (χ1n) is 15.2. The topological polar surface area (TPSA) is 181 Å². The maximum Gasteiger partial charge on any atom is 0.303 e. The second kappa shape index (κ2) is 13.0. The highest BCUT2D eigenvalue weighted by Gasteiger charge is 2.52. The molecule has 0 bridgehead atoms. The van der Waals surface area contributed by atoms with Gasteiger partial charge in [-0.05, 0) is 97.9 Å². The zero-order valence-electron chi connectivity index (χ0n) is 25.9. The van der Waals surface area contributed by atoms with Gasteiger partial charge in [-0.25, -0.2) is 0 Å². The Morgan fingerprint density at radius 1 is 0.956 bits per heavy atom. The normalized spacial score (nSPS) is 28.0. The summed E-state index contributed by atoms with van der Waals surface area (Å²) in [5.74, 6) is -0.978. The number of aromatic nitrogens is 1. The van der Waals surface area contributed by atoms with Gasteiger partial charge in [0, 0.05) is 53.2 Å². The molecule has 240 valence electrons. The van der Waals surface area contributed by atoms with Gasteiger partial charge in [-0.3, -0.25) is 19.2 Å². The van der Waals surface area contributed by atoms with Gasteiger partial charge in [-0.2, -0.15) is 0 Å². The first kappa shape index (κ1) is 32.2. The van der Waals surface area contributed by atoms with Crippen LogP contribution in [0.3, 0.4) is 0 Å². The molecule has 2 amide bonds. The van der Waals surface area contributed by atoms with E-state index in [2.05, 4.69) is 20.9 Å². The molecule has 11 nitrogen and oxygen atoms in total. The molecule has 5 rings (SSSR count). The van der Waals surface area contributed by atoms with Crippen molar-refractivity contribution < 1.29 is 34.5 Å². The molecular weight excluding hydrogens is 596 g/mol. The molecule has 0 spiro atoms. The number of hydrogen-bond donors (Lipinski definition) is 7. The molecule has 1 unspecified atom stereocenters. The van der Waals surface area contributed by atoms with Crippen LogP contribution in [0.25, 0.3) is 12.2 Å². The van der Waals surface area contributed by atoms with Gasteiger partial charge in [0.1, 0.15) is 0 Å². The highest BCUT2D eigenvalue weighted by atomic mass is 32.2. The van der Waals surface area contributed by atoms with Crippen molar-refractivity contribution in [1.82, 2.24) is 20.9 Å². The Kier molecular flexibility index (Phi) is 9.33. The molecule has 5 atom stereocenters. The van der Waals surface area contributed by atoms with Gasteiger partial charge in [-0.1, -0.05) is 6.92 Å². The Bertz CT molecular complexity index is 1590. The van der Waals surface area contributed by atoms with Gasteiger partial charge >= 0.3 is 11.9 Å². The number of carboxylic acids is 2. The molecule has 12 heteroatoms. The highest BCUT2D eigenvalue weighted by molar-refractivity contribution is 7.86. The summed E-state index contributed by atoms with van der Waals surface area (Å²) >= 11 is 1.35. The number of aromatic amines is 1. The van der Waals surface area contributed by atoms with Crippen LogP contribution in [0.2, 0.25) is 0 Å². The minimum Gasteiger partial charge on any atom is -0.516 e. The van der Waals surface area contributed by atoms with Crippen LogP contribution in [-0.4, -0.2) is 67.1 Å². The van der Waals surface area contributed by atoms with Crippen LogP contribution in [-0.2, 0) is 37.4 Å². The summed E-state index contributed by atoms with van der Waals surface area (Å²) in [6.07, 6.45) is 7.13. The number of amides is 2. The van der Waals surface area contributed by atoms with Crippen molar-refractivity contribution in [2.45, 2.75) is 77.1 Å². The largest absolute Gasteiger partial charge is 0.516 e. The molecule has 45 heavy (non-hydrogen) atoms. The van der Waals surface area contributed by atoms with Crippen molar-refractivity contribution in [3.8, 4) is 0 Å². The summed E-state index contributed by atoms with van der Waals surface area (Å²) in [7, 11) is 0. The molecule has 0 radical (unpaired) electrons. The predicted octanol–water partition coefficient (Wildman–Crippen LogP) is 3.03. The molecule has 1 aromatic rings. The smallest absolute Gasteiger partial charge is 0.303 e. The van der Waals surface area contributed by atoms with E-state index < -0.39 is 11.9 Å². The molecule has 4 aliphatic rings. The van der Waals surface area contributed by atoms with Gasteiger partial charge in [0.05, 0.1) is 18.2 Å². The summed E-state index contributed by atoms with van der Waals surface area (Å²) in [6.45, 7) is 7.71. The van der Waals surface area contributed by atoms with Crippen LogP contribution in [0, 0.1) is 18.8 Å². The molecule has 7 N–H and O–H groups in total. The van der Waals surface area contributed by atoms with Crippen LogP contribution in [0.1, 0.15) is 69.0 Å². The van der Waals surface area contributed by atoms with Crippen molar-refractivity contribution in [1.29, 1.82) is 0 Å². The second-order valence-corrected chi connectivity index (χ2v) is 13.7. The van der Waals surface area contributed by atoms with E-state index in [1.54, 1.807) is 0 Å². The van der Waals surface area contributed by atoms with Gasteiger partial charge < -0.3 is 36.3 Å². The Morgan fingerprint density at radius 3 is 2.27 bits per heavy atom. The lowest BCUT2D eigenvalue weighted by atomic mass is 9.91. The van der Waals surface area contributed by atoms with Crippen molar-refractivity contribution in [2.24, 2.45) is 11.8 Å². The Balaban J connectivity index is 1.50. The lowest BCUT2D eigenvalue weighted by Gasteiger charge is -2.20. The zero-order valence-corrected chi connectivity index (χ0v) is 26.8. The fraction of sp³-hybridized carbons (Fsp3) is 0.455. The van der Waals surface area contributed by atoms with Crippen LogP contribution in [0.5, 0.6) is 0 Å². The van der Waals surface area contributed by atoms with Crippen molar-refractivity contribution >= 4 is 47.7 Å². The fourth-order valence-electron chi connectivity index (χ4n) is 6.73. The summed E-state index contributed by atoms with van der Waals surface area (Å²) < 4.78 is 0. The number of rotatable bonds is 12. The molecule has 1 aromatic heterocycles. The maximum absolute atomic E-state index is 12.6. The van der Waals surface area contributed by atoms with Gasteiger partial charge in [0.15, 0.2) is 11.0 Å². The number of carboxylic acid groups (broad SMARTS) is 2. The number of carbonyl (C=O) groups is 4. The highest BCUT2D eigenvalue weighted by Crippen LogP contribution is 2.39. The minimum absolute atomic E-state index is 0.0129. The van der Waals surface area contributed by atoms with Crippen molar-refractivity contribution in [3.63, 3.8) is 0 Å². The van der Waals surface area contributed by atoms with Crippen LogP contribution >= 0.6 is 0 Å². The van der Waals surface area contributed by atoms with E-state index in [1.165, 1.54) is 17.8 Å². The van der Waals surface area contributed by atoms with Crippen molar-refractivity contribution in [3.05, 3.63) is 68.5 Å². The van der Waals surface area contributed by atoms with Gasteiger partial charge in [-0.15, -0.1) is 0 Å². The van der Waals surface area contributed by atoms with Crippen molar-refractivity contribution in [2.75, 3.05) is 5.75 Å². The lowest BCUT2D eigenvalue weighted by Crippen LogP contribution is -2.36. The molecule has 0 aliphatic carbocycles. The third-order valence-corrected chi connectivity index (χ3v) is 10.6. The lowest BCUT2D eigenvalue weighted by molar-refractivity contribution is -0.138. The number of allylic oxidation sites excluding steroid dienone is 2. The number of carbonyl (C=O) groups excluding carboxylic acids is 2. The number of hydrogen-bond acceptors (Lipinski definition) is 6. The SMILES string of the molecule is CC1=C(CCC(=O)O)/C(=C/c2[nH]c(/C=C3\NC(=O)[C@H](C)[C@H]3[C@H]3C[SH+]3)c(C)c2CCC(=O)O)NC1C[C@H]1NC(=O)C(/C=C/O)=C1C.